The first-order valence-corrected chi connectivity index (χ1v) is 10.4. The minimum absolute atomic E-state index is 0.326. The SMILES string of the molecule is O=C(Cn1cc(C(F)(F)F)cc(Cl)c1=O)NC1CCCc2c1cnn2Cc1ccccc1. The lowest BCUT2D eigenvalue weighted by Crippen LogP contribution is -2.36. The predicted molar refractivity (Wildman–Crippen MR) is 112 cm³/mol. The molecule has 0 bridgehead atoms. The Hall–Kier alpha value is -3.07. The molecule has 1 aliphatic rings. The van der Waals surface area contributed by atoms with Crippen molar-refractivity contribution in [1.82, 2.24) is 19.7 Å². The molecule has 1 aliphatic carbocycles. The van der Waals surface area contributed by atoms with Gasteiger partial charge in [0.2, 0.25) is 5.91 Å². The van der Waals surface area contributed by atoms with Crippen LogP contribution in [-0.2, 0) is 30.5 Å². The highest BCUT2D eigenvalue weighted by Crippen LogP contribution is 2.31. The molecule has 0 saturated carbocycles. The van der Waals surface area contributed by atoms with Gasteiger partial charge in [0.05, 0.1) is 24.3 Å². The monoisotopic (exact) mass is 464 g/mol. The molecule has 10 heteroatoms. The van der Waals surface area contributed by atoms with Gasteiger partial charge < -0.3 is 9.88 Å². The molecule has 2 heterocycles. The molecule has 0 aliphatic heterocycles. The van der Waals surface area contributed by atoms with E-state index in [0.717, 1.165) is 29.7 Å². The molecule has 1 N–H and O–H groups in total. The second-order valence-corrected chi connectivity index (χ2v) is 8.12. The smallest absolute Gasteiger partial charge is 0.348 e. The Bertz CT molecular complexity index is 1190. The predicted octanol–water partition coefficient (Wildman–Crippen LogP) is 3.96. The molecule has 0 radical (unpaired) electrons. The molecule has 0 saturated heterocycles. The highest BCUT2D eigenvalue weighted by molar-refractivity contribution is 6.30. The summed E-state index contributed by atoms with van der Waals surface area (Å²) < 4.78 is 41.7. The van der Waals surface area contributed by atoms with Gasteiger partial charge in [-0.15, -0.1) is 0 Å². The quantitative estimate of drug-likeness (QED) is 0.621. The van der Waals surface area contributed by atoms with E-state index in [1.54, 1.807) is 6.20 Å². The number of hydrogen-bond acceptors (Lipinski definition) is 3. The summed E-state index contributed by atoms with van der Waals surface area (Å²) in [5, 5.41) is 6.71. The van der Waals surface area contributed by atoms with E-state index >= 15 is 0 Å². The number of carbonyl (C=O) groups is 1. The number of pyridine rings is 1. The van der Waals surface area contributed by atoms with Gasteiger partial charge in [-0.1, -0.05) is 41.9 Å². The van der Waals surface area contributed by atoms with Gasteiger partial charge in [-0.2, -0.15) is 18.3 Å². The van der Waals surface area contributed by atoms with Crippen molar-refractivity contribution in [3.63, 3.8) is 0 Å². The van der Waals surface area contributed by atoms with Crippen molar-refractivity contribution in [1.29, 1.82) is 0 Å². The summed E-state index contributed by atoms with van der Waals surface area (Å²) in [6.07, 6.45) is -0.0339. The molecule has 1 aromatic carbocycles. The largest absolute Gasteiger partial charge is 0.417 e. The molecule has 3 aromatic rings. The van der Waals surface area contributed by atoms with Crippen LogP contribution >= 0.6 is 11.6 Å². The van der Waals surface area contributed by atoms with Crippen LogP contribution in [0.2, 0.25) is 5.02 Å². The van der Waals surface area contributed by atoms with Crippen LogP contribution in [0.15, 0.2) is 53.6 Å². The third kappa shape index (κ3) is 4.72. The lowest BCUT2D eigenvalue weighted by atomic mass is 9.93. The summed E-state index contributed by atoms with van der Waals surface area (Å²) in [7, 11) is 0. The normalized spacial score (nSPS) is 15.9. The fraction of sp³-hybridized carbons (Fsp3) is 0.318. The van der Waals surface area contributed by atoms with Crippen LogP contribution in [0.4, 0.5) is 13.2 Å². The molecule has 1 atom stereocenters. The van der Waals surface area contributed by atoms with Crippen LogP contribution in [0.3, 0.4) is 0 Å². The van der Waals surface area contributed by atoms with Crippen molar-refractivity contribution >= 4 is 17.5 Å². The maximum absolute atomic E-state index is 13.0. The first-order valence-electron chi connectivity index (χ1n) is 10.1. The van der Waals surface area contributed by atoms with Crippen LogP contribution in [0, 0.1) is 0 Å². The van der Waals surface area contributed by atoms with E-state index < -0.39 is 34.8 Å². The summed E-state index contributed by atoms with van der Waals surface area (Å²) in [5.74, 6) is -0.573. The van der Waals surface area contributed by atoms with Crippen molar-refractivity contribution < 1.29 is 18.0 Å². The molecule has 6 nitrogen and oxygen atoms in total. The Labute approximate surface area is 186 Å². The van der Waals surface area contributed by atoms with E-state index in [4.69, 9.17) is 11.6 Å². The van der Waals surface area contributed by atoms with E-state index in [0.29, 0.717) is 29.8 Å². The van der Waals surface area contributed by atoms with Crippen LogP contribution in [0.1, 0.15) is 41.3 Å². The molecule has 4 rings (SSSR count). The zero-order valence-corrected chi connectivity index (χ0v) is 17.7. The standard InChI is InChI=1S/C22H20ClF3N4O2/c23-17-9-15(22(24,25)26)12-29(21(17)32)13-20(31)28-18-7-4-8-19-16(18)10-27-30(19)11-14-5-2-1-3-6-14/h1-3,5-6,9-10,12,18H,4,7-8,11,13H2,(H,28,31). The van der Waals surface area contributed by atoms with Crippen LogP contribution < -0.4 is 10.9 Å². The van der Waals surface area contributed by atoms with Crippen LogP contribution in [0.25, 0.3) is 0 Å². The zero-order chi connectivity index (χ0) is 22.9. The zero-order valence-electron chi connectivity index (χ0n) is 16.9. The fourth-order valence-corrected chi connectivity index (χ4v) is 4.15. The Morgan fingerprint density at radius 3 is 2.72 bits per heavy atom. The van der Waals surface area contributed by atoms with Crippen molar-refractivity contribution in [3.8, 4) is 0 Å². The van der Waals surface area contributed by atoms with Crippen molar-refractivity contribution in [2.75, 3.05) is 0 Å². The number of alkyl halides is 3. The number of hydrogen-bond donors (Lipinski definition) is 1. The van der Waals surface area contributed by atoms with Gasteiger partial charge in [0.15, 0.2) is 0 Å². The topological polar surface area (TPSA) is 68.9 Å². The maximum Gasteiger partial charge on any atom is 0.417 e. The van der Waals surface area contributed by atoms with Gasteiger partial charge in [0, 0.05) is 17.5 Å². The van der Waals surface area contributed by atoms with Gasteiger partial charge in [0.1, 0.15) is 11.6 Å². The summed E-state index contributed by atoms with van der Waals surface area (Å²) in [4.78, 5) is 24.7. The van der Waals surface area contributed by atoms with Gasteiger partial charge in [-0.3, -0.25) is 14.3 Å². The van der Waals surface area contributed by atoms with Crippen LogP contribution in [0.5, 0.6) is 0 Å². The summed E-state index contributed by atoms with van der Waals surface area (Å²) >= 11 is 5.66. The lowest BCUT2D eigenvalue weighted by Gasteiger charge is -2.24. The molecule has 1 unspecified atom stereocenters. The molecule has 0 spiro atoms. The van der Waals surface area contributed by atoms with E-state index in [2.05, 4.69) is 10.4 Å². The Balaban J connectivity index is 1.50. The molecule has 32 heavy (non-hydrogen) atoms. The minimum atomic E-state index is -4.68. The second kappa shape index (κ2) is 8.82. The van der Waals surface area contributed by atoms with E-state index in [1.165, 1.54) is 0 Å². The Morgan fingerprint density at radius 1 is 1.25 bits per heavy atom. The first kappa shape index (κ1) is 22.1. The molecule has 2 aromatic heterocycles. The van der Waals surface area contributed by atoms with Gasteiger partial charge in [-0.25, -0.2) is 0 Å². The van der Waals surface area contributed by atoms with E-state index in [-0.39, 0.29) is 6.04 Å². The van der Waals surface area contributed by atoms with Crippen molar-refractivity contribution in [2.45, 2.75) is 44.6 Å². The molecule has 0 fully saturated rings. The highest BCUT2D eigenvalue weighted by atomic mass is 35.5. The van der Waals surface area contributed by atoms with Crippen molar-refractivity contribution in [3.05, 3.63) is 86.6 Å². The lowest BCUT2D eigenvalue weighted by molar-refractivity contribution is -0.138. The third-order valence-corrected chi connectivity index (χ3v) is 5.73. The average Bonchev–Trinajstić information content (AvgIpc) is 3.15. The molecular weight excluding hydrogens is 445 g/mol. The number of halogens is 4. The number of aromatic nitrogens is 3. The van der Waals surface area contributed by atoms with Gasteiger partial charge >= 0.3 is 6.18 Å². The molecule has 1 amide bonds. The summed E-state index contributed by atoms with van der Waals surface area (Å²) in [6, 6.07) is 10.1. The number of rotatable bonds is 5. The summed E-state index contributed by atoms with van der Waals surface area (Å²) in [6.45, 7) is 0.0431. The number of nitrogens with one attached hydrogen (secondary N) is 1. The number of amides is 1. The van der Waals surface area contributed by atoms with Crippen LogP contribution in [-0.4, -0.2) is 20.3 Å². The van der Waals surface area contributed by atoms with Crippen molar-refractivity contribution in [2.24, 2.45) is 0 Å². The van der Waals surface area contributed by atoms with E-state index in [9.17, 15) is 22.8 Å². The molecule has 168 valence electrons. The van der Waals surface area contributed by atoms with Gasteiger partial charge in [0.25, 0.3) is 5.56 Å². The molecular formula is C22H20ClF3N4O2. The van der Waals surface area contributed by atoms with E-state index in [1.807, 2.05) is 35.0 Å². The number of carbonyl (C=O) groups excluding carboxylic acids is 1. The first-order chi connectivity index (χ1) is 15.2. The number of benzene rings is 1. The maximum atomic E-state index is 13.0. The minimum Gasteiger partial charge on any atom is -0.348 e. The second-order valence-electron chi connectivity index (χ2n) is 7.71. The third-order valence-electron chi connectivity index (χ3n) is 5.46. The number of nitrogens with zero attached hydrogens (tertiary/aromatic N) is 3. The number of fused-ring (bicyclic) bond motifs is 1. The van der Waals surface area contributed by atoms with Gasteiger partial charge in [-0.05, 0) is 30.9 Å². The highest BCUT2D eigenvalue weighted by Gasteiger charge is 2.32. The summed E-state index contributed by atoms with van der Waals surface area (Å²) in [5.41, 5.74) is 1.07. The Kier molecular flexibility index (Phi) is 6.10. The fourth-order valence-electron chi connectivity index (χ4n) is 3.93. The average molecular weight is 465 g/mol. The Morgan fingerprint density at radius 2 is 2.00 bits per heavy atom.